The highest BCUT2D eigenvalue weighted by atomic mass is 15.3. The minimum Gasteiger partial charge on any atom is -0.367 e. The first-order chi connectivity index (χ1) is 9.12. The molecule has 1 aromatic rings. The predicted octanol–water partition coefficient (Wildman–Crippen LogP) is 3.01. The molecular weight excluding hydrogens is 238 g/mol. The number of rotatable bonds is 8. The molecule has 19 heavy (non-hydrogen) atoms. The van der Waals surface area contributed by atoms with Gasteiger partial charge in [-0.25, -0.2) is 15.8 Å². The van der Waals surface area contributed by atoms with Crippen molar-refractivity contribution in [1.82, 2.24) is 9.97 Å². The summed E-state index contributed by atoms with van der Waals surface area (Å²) in [5.41, 5.74) is 3.62. The van der Waals surface area contributed by atoms with Gasteiger partial charge in [0, 0.05) is 18.0 Å². The first-order valence-corrected chi connectivity index (χ1v) is 7.23. The Morgan fingerprint density at radius 1 is 1.16 bits per heavy atom. The Morgan fingerprint density at radius 3 is 2.42 bits per heavy atom. The lowest BCUT2D eigenvalue weighted by Crippen LogP contribution is -2.20. The van der Waals surface area contributed by atoms with E-state index in [2.05, 4.69) is 34.6 Å². The van der Waals surface area contributed by atoms with Gasteiger partial charge in [0.2, 0.25) is 0 Å². The van der Waals surface area contributed by atoms with Crippen LogP contribution in [0, 0.1) is 6.92 Å². The van der Waals surface area contributed by atoms with Crippen molar-refractivity contribution in [3.63, 3.8) is 0 Å². The van der Waals surface area contributed by atoms with Gasteiger partial charge in [0.25, 0.3) is 0 Å². The second-order valence-electron chi connectivity index (χ2n) is 5.00. The fourth-order valence-electron chi connectivity index (χ4n) is 2.01. The molecule has 5 heteroatoms. The van der Waals surface area contributed by atoms with Crippen LogP contribution in [0.15, 0.2) is 0 Å². The lowest BCUT2D eigenvalue weighted by atomic mass is 10.1. The number of hydrogen-bond donors (Lipinski definition) is 3. The Hall–Kier alpha value is -1.36. The van der Waals surface area contributed by atoms with E-state index in [0.717, 1.165) is 30.0 Å². The lowest BCUT2D eigenvalue weighted by Gasteiger charge is -2.18. The molecular formula is C14H27N5. The van der Waals surface area contributed by atoms with Crippen LogP contribution < -0.4 is 16.6 Å². The van der Waals surface area contributed by atoms with Gasteiger partial charge in [0.05, 0.1) is 0 Å². The van der Waals surface area contributed by atoms with Gasteiger partial charge in [-0.2, -0.15) is 0 Å². The third-order valence-corrected chi connectivity index (χ3v) is 3.27. The van der Waals surface area contributed by atoms with Gasteiger partial charge in [-0.3, -0.25) is 0 Å². The van der Waals surface area contributed by atoms with Gasteiger partial charge in [0.15, 0.2) is 0 Å². The summed E-state index contributed by atoms with van der Waals surface area (Å²) < 4.78 is 0. The third-order valence-electron chi connectivity index (χ3n) is 3.27. The number of hydrazine groups is 1. The number of nitrogen functional groups attached to an aromatic ring is 1. The number of aromatic nitrogens is 2. The average molecular weight is 265 g/mol. The Morgan fingerprint density at radius 2 is 1.84 bits per heavy atom. The molecule has 0 amide bonds. The van der Waals surface area contributed by atoms with E-state index in [0.29, 0.717) is 11.9 Å². The minimum atomic E-state index is 0.412. The van der Waals surface area contributed by atoms with E-state index in [-0.39, 0.29) is 0 Å². The standard InChI is InChI=1S/C14H27N5/c1-5-7-8-9-10(3)16-13-11(4)14(19-15)18-12(6-2)17-13/h10H,5-9,15H2,1-4H3,(H2,16,17,18,19). The van der Waals surface area contributed by atoms with Crippen molar-refractivity contribution in [2.45, 2.75) is 65.8 Å². The molecule has 0 fully saturated rings. The quantitative estimate of drug-likeness (QED) is 0.383. The van der Waals surface area contributed by atoms with E-state index >= 15 is 0 Å². The second kappa shape index (κ2) is 7.94. The van der Waals surface area contributed by atoms with Crippen LogP contribution >= 0.6 is 0 Å². The van der Waals surface area contributed by atoms with Crippen molar-refractivity contribution >= 4 is 11.6 Å². The Balaban J connectivity index is 2.75. The zero-order valence-corrected chi connectivity index (χ0v) is 12.6. The van der Waals surface area contributed by atoms with Gasteiger partial charge in [-0.1, -0.05) is 33.1 Å². The van der Waals surface area contributed by atoms with Crippen molar-refractivity contribution in [2.24, 2.45) is 5.84 Å². The van der Waals surface area contributed by atoms with Gasteiger partial charge < -0.3 is 10.7 Å². The normalized spacial score (nSPS) is 12.3. The molecule has 0 aliphatic heterocycles. The highest BCUT2D eigenvalue weighted by molar-refractivity contribution is 5.57. The molecule has 1 atom stereocenters. The largest absolute Gasteiger partial charge is 0.367 e. The molecule has 1 heterocycles. The van der Waals surface area contributed by atoms with E-state index in [1.807, 2.05) is 13.8 Å². The van der Waals surface area contributed by atoms with Gasteiger partial charge in [-0.15, -0.1) is 0 Å². The number of unbranched alkanes of at least 4 members (excludes halogenated alkanes) is 2. The van der Waals surface area contributed by atoms with Crippen molar-refractivity contribution in [1.29, 1.82) is 0 Å². The summed E-state index contributed by atoms with van der Waals surface area (Å²) in [4.78, 5) is 8.92. The number of nitrogens with two attached hydrogens (primary N) is 1. The molecule has 0 aliphatic rings. The molecule has 0 spiro atoms. The van der Waals surface area contributed by atoms with Crippen LogP contribution in [-0.2, 0) is 6.42 Å². The number of nitrogens with zero attached hydrogens (tertiary/aromatic N) is 2. The van der Waals surface area contributed by atoms with Gasteiger partial charge in [0.1, 0.15) is 17.5 Å². The molecule has 108 valence electrons. The minimum absolute atomic E-state index is 0.412. The SMILES string of the molecule is CCCCCC(C)Nc1nc(CC)nc(NN)c1C. The second-order valence-corrected chi connectivity index (χ2v) is 5.00. The van der Waals surface area contributed by atoms with Crippen LogP contribution in [0.5, 0.6) is 0 Å². The fourth-order valence-corrected chi connectivity index (χ4v) is 2.01. The van der Waals surface area contributed by atoms with Crippen LogP contribution in [0.4, 0.5) is 11.6 Å². The smallest absolute Gasteiger partial charge is 0.148 e. The first kappa shape index (κ1) is 15.7. The predicted molar refractivity (Wildman–Crippen MR) is 81.2 cm³/mol. The molecule has 0 aromatic carbocycles. The molecule has 0 saturated carbocycles. The maximum absolute atomic E-state index is 5.50. The number of anilines is 2. The summed E-state index contributed by atoms with van der Waals surface area (Å²) in [7, 11) is 0. The Kier molecular flexibility index (Phi) is 6.56. The Labute approximate surface area is 116 Å². The van der Waals surface area contributed by atoms with Crippen LogP contribution in [0.3, 0.4) is 0 Å². The molecule has 0 bridgehead atoms. The monoisotopic (exact) mass is 265 g/mol. The number of nitrogens with one attached hydrogen (secondary N) is 2. The van der Waals surface area contributed by atoms with E-state index in [1.165, 1.54) is 19.3 Å². The number of hydrogen-bond acceptors (Lipinski definition) is 5. The molecule has 1 unspecified atom stereocenters. The van der Waals surface area contributed by atoms with E-state index in [1.54, 1.807) is 0 Å². The summed E-state index contributed by atoms with van der Waals surface area (Å²) in [6.07, 6.45) is 5.74. The van der Waals surface area contributed by atoms with E-state index in [9.17, 15) is 0 Å². The lowest BCUT2D eigenvalue weighted by molar-refractivity contribution is 0.613. The van der Waals surface area contributed by atoms with E-state index in [4.69, 9.17) is 5.84 Å². The average Bonchev–Trinajstić information content (AvgIpc) is 2.41. The fraction of sp³-hybridized carbons (Fsp3) is 0.714. The maximum atomic E-state index is 5.50. The zero-order valence-electron chi connectivity index (χ0n) is 12.6. The highest BCUT2D eigenvalue weighted by Crippen LogP contribution is 2.21. The summed E-state index contributed by atoms with van der Waals surface area (Å²) in [6, 6.07) is 0.412. The van der Waals surface area contributed by atoms with Gasteiger partial charge in [-0.05, 0) is 20.3 Å². The molecule has 1 aromatic heterocycles. The number of aryl methyl sites for hydroxylation is 1. The summed E-state index contributed by atoms with van der Waals surface area (Å²) in [6.45, 7) is 8.44. The molecule has 1 rings (SSSR count). The Bertz CT molecular complexity index is 392. The van der Waals surface area contributed by atoms with Crippen LogP contribution in [0.1, 0.15) is 57.8 Å². The van der Waals surface area contributed by atoms with Crippen LogP contribution in [-0.4, -0.2) is 16.0 Å². The molecule has 4 N–H and O–H groups in total. The van der Waals surface area contributed by atoms with Gasteiger partial charge >= 0.3 is 0 Å². The summed E-state index contributed by atoms with van der Waals surface area (Å²) >= 11 is 0. The third kappa shape index (κ3) is 4.67. The molecule has 0 saturated heterocycles. The van der Waals surface area contributed by atoms with E-state index < -0.39 is 0 Å². The molecule has 5 nitrogen and oxygen atoms in total. The topological polar surface area (TPSA) is 75.9 Å². The summed E-state index contributed by atoms with van der Waals surface area (Å²) in [5.74, 6) is 7.91. The first-order valence-electron chi connectivity index (χ1n) is 7.23. The van der Waals surface area contributed by atoms with Crippen LogP contribution in [0.25, 0.3) is 0 Å². The van der Waals surface area contributed by atoms with Crippen molar-refractivity contribution < 1.29 is 0 Å². The van der Waals surface area contributed by atoms with Crippen molar-refractivity contribution in [3.8, 4) is 0 Å². The van der Waals surface area contributed by atoms with Crippen molar-refractivity contribution in [3.05, 3.63) is 11.4 Å². The highest BCUT2D eigenvalue weighted by Gasteiger charge is 2.11. The van der Waals surface area contributed by atoms with Crippen molar-refractivity contribution in [2.75, 3.05) is 10.7 Å². The summed E-state index contributed by atoms with van der Waals surface area (Å²) in [5, 5.41) is 3.47. The van der Waals surface area contributed by atoms with Crippen LogP contribution in [0.2, 0.25) is 0 Å². The molecule has 0 radical (unpaired) electrons. The molecule has 0 aliphatic carbocycles. The zero-order chi connectivity index (χ0) is 14.3. The maximum Gasteiger partial charge on any atom is 0.148 e.